The van der Waals surface area contributed by atoms with Gasteiger partial charge in [-0.05, 0) is 65.3 Å². The highest BCUT2D eigenvalue weighted by molar-refractivity contribution is 5.86. The van der Waals surface area contributed by atoms with E-state index in [1.54, 1.807) is 0 Å². The van der Waals surface area contributed by atoms with E-state index in [-0.39, 0.29) is 0 Å². The van der Waals surface area contributed by atoms with Crippen LogP contribution in [0.15, 0.2) is 66.7 Å². The van der Waals surface area contributed by atoms with Crippen molar-refractivity contribution in [1.82, 2.24) is 0 Å². The fraction of sp³-hybridized carbons (Fsp3) is 0.250. The van der Waals surface area contributed by atoms with Crippen molar-refractivity contribution in [3.63, 3.8) is 0 Å². The van der Waals surface area contributed by atoms with Crippen LogP contribution in [-0.4, -0.2) is 0 Å². The molecule has 0 spiro atoms. The topological polar surface area (TPSA) is 12.0 Å². The summed E-state index contributed by atoms with van der Waals surface area (Å²) in [5.74, 6) is 1.13. The quantitative estimate of drug-likeness (QED) is 0.519. The second-order valence-corrected chi connectivity index (χ2v) is 7.59. The first-order valence-electron chi connectivity index (χ1n) is 9.24. The third-order valence-corrected chi connectivity index (χ3v) is 5.98. The van der Waals surface area contributed by atoms with Crippen LogP contribution in [0.1, 0.15) is 40.6 Å². The Morgan fingerprint density at radius 3 is 2.72 bits per heavy atom. The molecule has 0 amide bonds. The SMILES string of the molecule is Cc1cc(C)c2c(c1)N[C@@H](c1cccc3ccccc13)[C@H]1CC=C[C@@H]21. The second kappa shape index (κ2) is 5.49. The predicted octanol–water partition coefficient (Wildman–Crippen LogP) is 6.28. The van der Waals surface area contributed by atoms with E-state index in [0.29, 0.717) is 17.9 Å². The van der Waals surface area contributed by atoms with Crippen molar-refractivity contribution < 1.29 is 0 Å². The number of anilines is 1. The fourth-order valence-corrected chi connectivity index (χ4v) is 4.97. The largest absolute Gasteiger partial charge is 0.378 e. The zero-order chi connectivity index (χ0) is 17.0. The van der Waals surface area contributed by atoms with Crippen LogP contribution in [0, 0.1) is 19.8 Å². The zero-order valence-corrected chi connectivity index (χ0v) is 14.8. The normalized spacial score (nSPS) is 24.0. The van der Waals surface area contributed by atoms with Gasteiger partial charge in [-0.2, -0.15) is 0 Å². The van der Waals surface area contributed by atoms with E-state index >= 15 is 0 Å². The van der Waals surface area contributed by atoms with Crippen molar-refractivity contribution in [1.29, 1.82) is 0 Å². The van der Waals surface area contributed by atoms with Crippen LogP contribution >= 0.6 is 0 Å². The molecule has 1 aliphatic heterocycles. The van der Waals surface area contributed by atoms with E-state index in [4.69, 9.17) is 0 Å². The molecule has 3 atom stereocenters. The lowest BCUT2D eigenvalue weighted by atomic mass is 9.74. The molecule has 0 saturated heterocycles. The Hall–Kier alpha value is -2.54. The molecular weight excluding hydrogens is 302 g/mol. The van der Waals surface area contributed by atoms with Crippen molar-refractivity contribution in [2.24, 2.45) is 5.92 Å². The molecule has 1 heteroatoms. The Morgan fingerprint density at radius 2 is 1.80 bits per heavy atom. The molecule has 0 unspecified atom stereocenters. The number of nitrogens with one attached hydrogen (secondary N) is 1. The van der Waals surface area contributed by atoms with Gasteiger partial charge in [-0.25, -0.2) is 0 Å². The highest BCUT2D eigenvalue weighted by atomic mass is 15.0. The lowest BCUT2D eigenvalue weighted by molar-refractivity contribution is 0.426. The smallest absolute Gasteiger partial charge is 0.0560 e. The molecule has 0 fully saturated rings. The van der Waals surface area contributed by atoms with E-state index in [1.165, 1.54) is 38.7 Å². The summed E-state index contributed by atoms with van der Waals surface area (Å²) in [6.07, 6.45) is 5.96. The summed E-state index contributed by atoms with van der Waals surface area (Å²) in [7, 11) is 0. The Morgan fingerprint density at radius 1 is 0.960 bits per heavy atom. The molecule has 0 saturated carbocycles. The molecule has 124 valence electrons. The first-order valence-corrected chi connectivity index (χ1v) is 9.24. The number of allylic oxidation sites excluding steroid dienone is 2. The lowest BCUT2D eigenvalue weighted by Gasteiger charge is -2.39. The maximum Gasteiger partial charge on any atom is 0.0560 e. The van der Waals surface area contributed by atoms with Gasteiger partial charge in [-0.1, -0.05) is 60.7 Å². The van der Waals surface area contributed by atoms with Gasteiger partial charge < -0.3 is 5.32 Å². The standard InChI is InChI=1S/C24H23N/c1-15-13-16(2)23-19-10-6-12-21(19)24(25-22(23)14-15)20-11-5-8-17-7-3-4-9-18(17)20/h3-11,13-14,19,21,24-25H,12H2,1-2H3/t19-,21+,24+/m1/s1. The van der Waals surface area contributed by atoms with E-state index in [0.717, 1.165) is 6.42 Å². The summed E-state index contributed by atoms with van der Waals surface area (Å²) in [5, 5.41) is 6.62. The van der Waals surface area contributed by atoms with Crippen LogP contribution in [0.4, 0.5) is 5.69 Å². The molecule has 2 aliphatic rings. The summed E-state index contributed by atoms with van der Waals surface area (Å²) < 4.78 is 0. The Balaban J connectivity index is 1.70. The first-order chi connectivity index (χ1) is 12.2. The minimum absolute atomic E-state index is 0.361. The molecule has 1 nitrogen and oxygen atoms in total. The summed E-state index contributed by atoms with van der Waals surface area (Å²) in [5.41, 5.74) is 7.01. The molecule has 25 heavy (non-hydrogen) atoms. The van der Waals surface area contributed by atoms with Crippen LogP contribution in [0.3, 0.4) is 0 Å². The van der Waals surface area contributed by atoms with Gasteiger partial charge in [0, 0.05) is 11.6 Å². The maximum atomic E-state index is 3.92. The van der Waals surface area contributed by atoms with E-state index < -0.39 is 0 Å². The van der Waals surface area contributed by atoms with Gasteiger partial charge in [-0.3, -0.25) is 0 Å². The first kappa shape index (κ1) is 14.8. The molecule has 3 aromatic rings. The van der Waals surface area contributed by atoms with Crippen LogP contribution in [0.25, 0.3) is 10.8 Å². The molecule has 1 aliphatic carbocycles. The minimum Gasteiger partial charge on any atom is -0.378 e. The van der Waals surface area contributed by atoms with E-state index in [2.05, 4.69) is 85.9 Å². The summed E-state index contributed by atoms with van der Waals surface area (Å²) >= 11 is 0. The maximum absolute atomic E-state index is 3.92. The molecule has 5 rings (SSSR count). The van der Waals surface area contributed by atoms with Crippen molar-refractivity contribution in [2.75, 3.05) is 5.32 Å². The van der Waals surface area contributed by atoms with Gasteiger partial charge in [0.05, 0.1) is 6.04 Å². The average molecular weight is 325 g/mol. The molecule has 3 aromatic carbocycles. The van der Waals surface area contributed by atoms with Gasteiger partial charge in [0.1, 0.15) is 0 Å². The Bertz CT molecular complexity index is 993. The van der Waals surface area contributed by atoms with Crippen LogP contribution in [0.2, 0.25) is 0 Å². The van der Waals surface area contributed by atoms with Gasteiger partial charge in [0.2, 0.25) is 0 Å². The lowest BCUT2D eigenvalue weighted by Crippen LogP contribution is -2.29. The van der Waals surface area contributed by atoms with Gasteiger partial charge in [0.25, 0.3) is 0 Å². The summed E-state index contributed by atoms with van der Waals surface area (Å²) in [6, 6.07) is 20.5. The number of aryl methyl sites for hydroxylation is 2. The molecular formula is C24H23N. The summed E-state index contributed by atoms with van der Waals surface area (Å²) in [6.45, 7) is 4.45. The molecule has 0 bridgehead atoms. The minimum atomic E-state index is 0.361. The molecule has 0 aromatic heterocycles. The number of rotatable bonds is 1. The monoisotopic (exact) mass is 325 g/mol. The number of hydrogen-bond donors (Lipinski definition) is 1. The van der Waals surface area contributed by atoms with Gasteiger partial charge in [0.15, 0.2) is 0 Å². The molecule has 1 heterocycles. The number of hydrogen-bond acceptors (Lipinski definition) is 1. The van der Waals surface area contributed by atoms with Gasteiger partial charge in [-0.15, -0.1) is 0 Å². The third-order valence-electron chi connectivity index (χ3n) is 5.98. The third kappa shape index (κ3) is 2.22. The predicted molar refractivity (Wildman–Crippen MR) is 106 cm³/mol. The van der Waals surface area contributed by atoms with E-state index in [9.17, 15) is 0 Å². The van der Waals surface area contributed by atoms with Crippen molar-refractivity contribution in [3.8, 4) is 0 Å². The van der Waals surface area contributed by atoms with Crippen LogP contribution in [-0.2, 0) is 0 Å². The van der Waals surface area contributed by atoms with Crippen molar-refractivity contribution in [2.45, 2.75) is 32.2 Å². The Labute approximate surface area is 149 Å². The molecule has 1 N–H and O–H groups in total. The van der Waals surface area contributed by atoms with Crippen LogP contribution < -0.4 is 5.32 Å². The summed E-state index contributed by atoms with van der Waals surface area (Å²) in [4.78, 5) is 0. The highest BCUT2D eigenvalue weighted by Gasteiger charge is 2.39. The molecule has 0 radical (unpaired) electrons. The number of fused-ring (bicyclic) bond motifs is 4. The van der Waals surface area contributed by atoms with Gasteiger partial charge >= 0.3 is 0 Å². The zero-order valence-electron chi connectivity index (χ0n) is 14.8. The van der Waals surface area contributed by atoms with Crippen molar-refractivity contribution >= 4 is 16.5 Å². The number of benzene rings is 3. The highest BCUT2D eigenvalue weighted by Crippen LogP contribution is 2.51. The fourth-order valence-electron chi connectivity index (χ4n) is 4.97. The van der Waals surface area contributed by atoms with E-state index in [1.807, 2.05) is 0 Å². The van der Waals surface area contributed by atoms with Crippen LogP contribution in [0.5, 0.6) is 0 Å². The average Bonchev–Trinajstić information content (AvgIpc) is 3.09. The Kier molecular flexibility index (Phi) is 3.24. The van der Waals surface area contributed by atoms with Crippen molar-refractivity contribution in [3.05, 3.63) is 89.0 Å². The second-order valence-electron chi connectivity index (χ2n) is 7.59.